The van der Waals surface area contributed by atoms with Gasteiger partial charge in [-0.2, -0.15) is 0 Å². The first kappa shape index (κ1) is 21.4. The van der Waals surface area contributed by atoms with Gasteiger partial charge in [0, 0.05) is 29.8 Å². The van der Waals surface area contributed by atoms with Crippen molar-refractivity contribution >= 4 is 35.0 Å². The largest absolute Gasteiger partial charge is 0.452 e. The van der Waals surface area contributed by atoms with Gasteiger partial charge in [0.15, 0.2) is 6.61 Å². The average Bonchev–Trinajstić information content (AvgIpc) is 3.40. The number of tetrazole rings is 1. The molecule has 0 unspecified atom stereocenters. The lowest BCUT2D eigenvalue weighted by molar-refractivity contribution is -0.384. The van der Waals surface area contributed by atoms with Gasteiger partial charge in [0.25, 0.3) is 11.6 Å². The highest BCUT2D eigenvalue weighted by atomic mass is 32.2. The second kappa shape index (κ2) is 9.14. The van der Waals surface area contributed by atoms with Gasteiger partial charge in [-0.15, -0.1) is 5.10 Å². The zero-order valence-electron chi connectivity index (χ0n) is 17.0. The molecule has 1 N–H and O–H groups in total. The molecule has 1 aliphatic carbocycles. The summed E-state index contributed by atoms with van der Waals surface area (Å²) < 4.78 is 6.53. The van der Waals surface area contributed by atoms with Crippen LogP contribution in [0.3, 0.4) is 0 Å². The number of rotatable bonds is 7. The fourth-order valence-electron chi connectivity index (χ4n) is 3.34. The molecule has 0 saturated heterocycles. The van der Waals surface area contributed by atoms with Gasteiger partial charge in [-0.25, -0.2) is 9.48 Å². The number of non-ortho nitro benzene ring substituents is 1. The Morgan fingerprint density at radius 1 is 1.22 bits per heavy atom. The number of nitro groups is 1. The number of anilines is 1. The summed E-state index contributed by atoms with van der Waals surface area (Å²) in [7, 11) is 1.62. The van der Waals surface area contributed by atoms with Crippen molar-refractivity contribution in [2.45, 2.75) is 29.3 Å². The van der Waals surface area contributed by atoms with E-state index in [-0.39, 0.29) is 11.3 Å². The van der Waals surface area contributed by atoms with Crippen LogP contribution in [0.1, 0.15) is 27.9 Å². The van der Waals surface area contributed by atoms with E-state index < -0.39 is 23.4 Å². The zero-order chi connectivity index (χ0) is 22.7. The number of amides is 1. The summed E-state index contributed by atoms with van der Waals surface area (Å²) in [5.41, 5.74) is 2.78. The summed E-state index contributed by atoms with van der Waals surface area (Å²) in [6.45, 7) is -0.533. The van der Waals surface area contributed by atoms with Gasteiger partial charge in [-0.3, -0.25) is 14.9 Å². The number of carbonyl (C=O) groups is 2. The van der Waals surface area contributed by atoms with Crippen LogP contribution in [0.5, 0.6) is 0 Å². The molecule has 3 aromatic rings. The number of aromatic nitrogens is 4. The average molecular weight is 454 g/mol. The number of nitro benzene ring substituents is 1. The molecule has 0 fully saturated rings. The molecule has 11 nitrogen and oxygen atoms in total. The minimum Gasteiger partial charge on any atom is -0.452 e. The van der Waals surface area contributed by atoms with Gasteiger partial charge in [0.2, 0.25) is 5.16 Å². The lowest BCUT2D eigenvalue weighted by atomic mass is 10.1. The Hall–Kier alpha value is -3.80. The Morgan fingerprint density at radius 2 is 2.03 bits per heavy atom. The number of fused-ring (bicyclic) bond motifs is 1. The van der Waals surface area contributed by atoms with Gasteiger partial charge in [0.1, 0.15) is 0 Å². The fraction of sp³-hybridized carbons (Fsp3) is 0.250. The molecule has 0 spiro atoms. The summed E-state index contributed by atoms with van der Waals surface area (Å²) in [5, 5.41) is 25.3. The number of nitrogens with zero attached hydrogens (tertiary/aromatic N) is 5. The molecule has 0 saturated carbocycles. The highest BCUT2D eigenvalue weighted by Gasteiger charge is 2.21. The Morgan fingerprint density at radius 3 is 2.78 bits per heavy atom. The molecule has 0 bridgehead atoms. The van der Waals surface area contributed by atoms with Gasteiger partial charge < -0.3 is 10.1 Å². The van der Waals surface area contributed by atoms with Crippen LogP contribution in [0, 0.1) is 10.1 Å². The molecule has 1 aromatic heterocycles. The van der Waals surface area contributed by atoms with E-state index in [0.717, 1.165) is 37.1 Å². The van der Waals surface area contributed by atoms with E-state index in [1.165, 1.54) is 27.9 Å². The third-order valence-corrected chi connectivity index (χ3v) is 6.00. The van der Waals surface area contributed by atoms with Crippen LogP contribution in [0.4, 0.5) is 11.4 Å². The number of nitrogens with one attached hydrogen (secondary N) is 1. The molecule has 1 amide bonds. The molecular weight excluding hydrogens is 436 g/mol. The molecule has 32 heavy (non-hydrogen) atoms. The van der Waals surface area contributed by atoms with Crippen molar-refractivity contribution in [3.63, 3.8) is 0 Å². The quantitative estimate of drug-likeness (QED) is 0.324. The summed E-state index contributed by atoms with van der Waals surface area (Å²) in [5.74, 6) is -1.37. The fourth-order valence-corrected chi connectivity index (χ4v) is 4.17. The summed E-state index contributed by atoms with van der Waals surface area (Å²) >= 11 is 1.05. The number of aryl methyl sites for hydroxylation is 3. The van der Waals surface area contributed by atoms with Crippen LogP contribution in [0.2, 0.25) is 0 Å². The second-order valence-electron chi connectivity index (χ2n) is 7.09. The SMILES string of the molecule is Cn1nnnc1Sc1ccc([N+](=O)[O-])cc1C(=O)OCC(=O)Nc1ccc2c(c1)CCC2. The van der Waals surface area contributed by atoms with Gasteiger partial charge in [-0.1, -0.05) is 6.07 Å². The Kier molecular flexibility index (Phi) is 6.12. The van der Waals surface area contributed by atoms with Gasteiger partial charge in [0.05, 0.1) is 10.5 Å². The maximum atomic E-state index is 12.7. The summed E-state index contributed by atoms with van der Waals surface area (Å²) in [4.78, 5) is 35.8. The molecule has 0 aliphatic heterocycles. The Bertz CT molecular complexity index is 1210. The number of hydrogen-bond donors (Lipinski definition) is 1. The third kappa shape index (κ3) is 4.75. The van der Waals surface area contributed by atoms with Crippen LogP contribution >= 0.6 is 11.8 Å². The maximum Gasteiger partial charge on any atom is 0.340 e. The topological polar surface area (TPSA) is 142 Å². The standard InChI is InChI=1S/C20H18N6O5S/c1-25-20(22-23-24-25)32-17-8-7-15(26(29)30)10-16(17)19(28)31-11-18(27)21-14-6-5-12-3-2-4-13(12)9-14/h5-10H,2-4,11H2,1H3,(H,21,27). The van der Waals surface area contributed by atoms with Crippen molar-refractivity contribution in [3.05, 3.63) is 63.2 Å². The van der Waals surface area contributed by atoms with Crippen molar-refractivity contribution in [2.75, 3.05) is 11.9 Å². The molecule has 0 radical (unpaired) electrons. The van der Waals surface area contributed by atoms with E-state index in [9.17, 15) is 19.7 Å². The molecule has 1 aliphatic rings. The number of benzene rings is 2. The number of esters is 1. The highest BCUT2D eigenvalue weighted by Crippen LogP contribution is 2.31. The van der Waals surface area contributed by atoms with Crippen LogP contribution in [0.25, 0.3) is 0 Å². The predicted octanol–water partition coefficient (Wildman–Crippen LogP) is 2.55. The number of hydrogen-bond acceptors (Lipinski definition) is 9. The monoisotopic (exact) mass is 454 g/mol. The lowest BCUT2D eigenvalue weighted by Gasteiger charge is -2.10. The summed E-state index contributed by atoms with van der Waals surface area (Å²) in [6.07, 6.45) is 3.11. The van der Waals surface area contributed by atoms with E-state index in [1.807, 2.05) is 18.2 Å². The molecule has 12 heteroatoms. The van der Waals surface area contributed by atoms with Crippen molar-refractivity contribution < 1.29 is 19.2 Å². The smallest absolute Gasteiger partial charge is 0.340 e. The van der Waals surface area contributed by atoms with Crippen molar-refractivity contribution in [1.82, 2.24) is 20.2 Å². The Labute approximate surface area is 186 Å². The van der Waals surface area contributed by atoms with Crippen molar-refractivity contribution in [3.8, 4) is 0 Å². The number of carbonyl (C=O) groups excluding carboxylic acids is 2. The lowest BCUT2D eigenvalue weighted by Crippen LogP contribution is -2.21. The molecule has 1 heterocycles. The molecule has 164 valence electrons. The Balaban J connectivity index is 1.45. The van der Waals surface area contributed by atoms with Crippen molar-refractivity contribution in [1.29, 1.82) is 0 Å². The maximum absolute atomic E-state index is 12.7. The third-order valence-electron chi connectivity index (χ3n) is 4.89. The predicted molar refractivity (Wildman–Crippen MR) is 113 cm³/mol. The van der Waals surface area contributed by atoms with E-state index in [4.69, 9.17) is 4.74 Å². The summed E-state index contributed by atoms with van der Waals surface area (Å²) in [6, 6.07) is 9.51. The highest BCUT2D eigenvalue weighted by molar-refractivity contribution is 7.99. The normalized spacial score (nSPS) is 12.3. The second-order valence-corrected chi connectivity index (χ2v) is 8.10. The van der Waals surface area contributed by atoms with Crippen LogP contribution in [0.15, 0.2) is 46.5 Å². The van der Waals surface area contributed by atoms with Crippen LogP contribution in [-0.4, -0.2) is 43.6 Å². The van der Waals surface area contributed by atoms with Crippen molar-refractivity contribution in [2.24, 2.45) is 7.05 Å². The van der Waals surface area contributed by atoms with Crippen LogP contribution < -0.4 is 5.32 Å². The van der Waals surface area contributed by atoms with Gasteiger partial charge >= 0.3 is 5.97 Å². The first-order valence-electron chi connectivity index (χ1n) is 9.68. The van der Waals surface area contributed by atoms with E-state index in [1.54, 1.807) is 7.05 Å². The minimum absolute atomic E-state index is 0.0578. The van der Waals surface area contributed by atoms with E-state index in [0.29, 0.717) is 15.7 Å². The first-order valence-corrected chi connectivity index (χ1v) is 10.5. The molecule has 2 aromatic carbocycles. The minimum atomic E-state index is -0.865. The van der Waals surface area contributed by atoms with Crippen LogP contribution in [-0.2, 0) is 29.4 Å². The zero-order valence-corrected chi connectivity index (χ0v) is 17.8. The van der Waals surface area contributed by atoms with E-state index in [2.05, 4.69) is 20.8 Å². The first-order chi connectivity index (χ1) is 15.4. The number of ether oxygens (including phenoxy) is 1. The van der Waals surface area contributed by atoms with E-state index >= 15 is 0 Å². The molecular formula is C20H18N6O5S. The molecule has 0 atom stereocenters. The van der Waals surface area contributed by atoms with Gasteiger partial charge in [-0.05, 0) is 70.8 Å². The molecule has 4 rings (SSSR count).